The van der Waals surface area contributed by atoms with Gasteiger partial charge in [0.2, 0.25) is 0 Å². The summed E-state index contributed by atoms with van der Waals surface area (Å²) in [6.45, 7) is 0. The molecule has 0 atom stereocenters. The molecule has 0 aliphatic carbocycles. The fourth-order valence-corrected chi connectivity index (χ4v) is 7.31. The van der Waals surface area contributed by atoms with Gasteiger partial charge in [-0.15, -0.1) is 0 Å². The van der Waals surface area contributed by atoms with Crippen LogP contribution in [0.4, 0.5) is 0 Å². The van der Waals surface area contributed by atoms with Crippen molar-refractivity contribution in [3.63, 3.8) is 0 Å². The molecular weight excluding hydrogens is 609 g/mol. The van der Waals surface area contributed by atoms with Crippen LogP contribution in [0.25, 0.3) is 88.6 Å². The molecule has 3 heterocycles. The smallest absolute Gasteiger partial charge is 0.160 e. The SMILES string of the molecule is c1ccc2c(-c3nc(-c4ccc(-c5cc(-n6ccc7ccccc76)cc(-n6ccc7ccccc76)c5)cc4)nc4ccccc34)cccc2c1. The first-order valence-corrected chi connectivity index (χ1v) is 16.9. The summed E-state index contributed by atoms with van der Waals surface area (Å²) in [6.07, 6.45) is 4.32. The standard InChI is InChI=1S/C46H30N4/c1-4-14-39-32(10-1)13-9-16-40(39)45-41-15-5-6-17-42(41)47-46(48-45)35-22-20-31(21-23-35)36-28-37(49-26-24-33-11-2-7-18-43(33)49)30-38(29-36)50-27-25-34-12-3-8-19-44(34)50/h1-30H. The molecule has 0 saturated heterocycles. The van der Waals surface area contributed by atoms with Gasteiger partial charge in [-0.2, -0.15) is 0 Å². The molecule has 0 aliphatic rings. The lowest BCUT2D eigenvalue weighted by molar-refractivity contribution is 1.09. The molecule has 0 N–H and O–H groups in total. The largest absolute Gasteiger partial charge is 0.316 e. The molecule has 0 spiro atoms. The molecule has 50 heavy (non-hydrogen) atoms. The highest BCUT2D eigenvalue weighted by atomic mass is 15.0. The van der Waals surface area contributed by atoms with E-state index in [1.807, 2.05) is 6.07 Å². The van der Waals surface area contributed by atoms with Crippen LogP contribution >= 0.6 is 0 Å². The Hall–Kier alpha value is -6.78. The zero-order chi connectivity index (χ0) is 33.0. The van der Waals surface area contributed by atoms with Crippen molar-refractivity contribution in [3.8, 4) is 45.1 Å². The number of hydrogen-bond acceptors (Lipinski definition) is 2. The molecule has 0 bridgehead atoms. The first-order chi connectivity index (χ1) is 24.8. The van der Waals surface area contributed by atoms with Crippen molar-refractivity contribution < 1.29 is 0 Å². The van der Waals surface area contributed by atoms with Crippen LogP contribution in [0.2, 0.25) is 0 Å². The summed E-state index contributed by atoms with van der Waals surface area (Å²) in [6, 6.07) is 60.1. The maximum Gasteiger partial charge on any atom is 0.160 e. The highest BCUT2D eigenvalue weighted by molar-refractivity contribution is 6.03. The zero-order valence-corrected chi connectivity index (χ0v) is 27.1. The summed E-state index contributed by atoms with van der Waals surface area (Å²) in [5.41, 5.74) is 10.8. The molecule has 10 aromatic rings. The number of nitrogens with zero attached hydrogens (tertiary/aromatic N) is 4. The first-order valence-electron chi connectivity index (χ1n) is 16.9. The summed E-state index contributed by atoms with van der Waals surface area (Å²) in [7, 11) is 0. The first kappa shape index (κ1) is 28.3. The topological polar surface area (TPSA) is 35.6 Å². The van der Waals surface area contributed by atoms with Crippen LogP contribution in [-0.4, -0.2) is 19.1 Å². The van der Waals surface area contributed by atoms with Gasteiger partial charge in [-0.25, -0.2) is 9.97 Å². The van der Waals surface area contributed by atoms with Gasteiger partial charge in [-0.05, 0) is 81.2 Å². The normalized spacial score (nSPS) is 11.6. The molecule has 10 rings (SSSR count). The zero-order valence-electron chi connectivity index (χ0n) is 27.1. The van der Waals surface area contributed by atoms with Gasteiger partial charge in [0.1, 0.15) is 0 Å². The van der Waals surface area contributed by atoms with E-state index in [1.54, 1.807) is 0 Å². The van der Waals surface area contributed by atoms with E-state index >= 15 is 0 Å². The molecule has 3 aromatic heterocycles. The lowest BCUT2D eigenvalue weighted by Crippen LogP contribution is -1.98. The summed E-state index contributed by atoms with van der Waals surface area (Å²) in [5, 5.41) is 5.85. The Morgan fingerprint density at radius 1 is 0.380 bits per heavy atom. The number of aromatic nitrogens is 4. The van der Waals surface area contributed by atoms with Crippen molar-refractivity contribution in [2.75, 3.05) is 0 Å². The molecule has 234 valence electrons. The van der Waals surface area contributed by atoms with Crippen LogP contribution in [-0.2, 0) is 0 Å². The fourth-order valence-electron chi connectivity index (χ4n) is 7.31. The van der Waals surface area contributed by atoms with Gasteiger partial charge in [0.05, 0.1) is 22.2 Å². The van der Waals surface area contributed by atoms with E-state index in [0.717, 1.165) is 50.2 Å². The Bertz CT molecular complexity index is 2780. The Morgan fingerprint density at radius 2 is 0.940 bits per heavy atom. The van der Waals surface area contributed by atoms with Crippen LogP contribution in [0.5, 0.6) is 0 Å². The number of para-hydroxylation sites is 3. The molecule has 0 fully saturated rings. The maximum atomic E-state index is 5.23. The second-order valence-corrected chi connectivity index (χ2v) is 12.7. The van der Waals surface area contributed by atoms with Gasteiger partial charge in [0, 0.05) is 40.3 Å². The van der Waals surface area contributed by atoms with Crippen molar-refractivity contribution in [1.82, 2.24) is 19.1 Å². The van der Waals surface area contributed by atoms with Crippen LogP contribution in [0.15, 0.2) is 182 Å². The molecule has 0 aliphatic heterocycles. The molecule has 0 unspecified atom stereocenters. The third kappa shape index (κ3) is 4.69. The monoisotopic (exact) mass is 638 g/mol. The van der Waals surface area contributed by atoms with Gasteiger partial charge < -0.3 is 9.13 Å². The quantitative estimate of drug-likeness (QED) is 0.188. The van der Waals surface area contributed by atoms with Gasteiger partial charge in [0.25, 0.3) is 0 Å². The molecule has 0 saturated carbocycles. The van der Waals surface area contributed by atoms with Gasteiger partial charge in [-0.1, -0.05) is 121 Å². The Balaban J connectivity index is 1.11. The maximum absolute atomic E-state index is 5.23. The lowest BCUT2D eigenvalue weighted by atomic mass is 9.99. The van der Waals surface area contributed by atoms with E-state index in [1.165, 1.54) is 32.6 Å². The van der Waals surface area contributed by atoms with Crippen LogP contribution < -0.4 is 0 Å². The Morgan fingerprint density at radius 3 is 1.64 bits per heavy atom. The number of hydrogen-bond donors (Lipinski definition) is 0. The van der Waals surface area contributed by atoms with Crippen molar-refractivity contribution >= 4 is 43.5 Å². The summed E-state index contributed by atoms with van der Waals surface area (Å²) in [5.74, 6) is 0.713. The second kappa shape index (κ2) is 11.4. The molecule has 0 amide bonds. The van der Waals surface area contributed by atoms with Crippen LogP contribution in [0.1, 0.15) is 0 Å². The Kier molecular flexibility index (Phi) is 6.46. The lowest BCUT2D eigenvalue weighted by Gasteiger charge is -2.15. The Labute approximate surface area is 289 Å². The summed E-state index contributed by atoms with van der Waals surface area (Å²) in [4.78, 5) is 10.3. The van der Waals surface area contributed by atoms with Gasteiger partial charge >= 0.3 is 0 Å². The van der Waals surface area contributed by atoms with E-state index in [-0.39, 0.29) is 0 Å². The van der Waals surface area contributed by atoms with E-state index in [2.05, 4.69) is 185 Å². The van der Waals surface area contributed by atoms with Crippen LogP contribution in [0, 0.1) is 0 Å². The third-order valence-electron chi connectivity index (χ3n) is 9.78. The number of fused-ring (bicyclic) bond motifs is 4. The van der Waals surface area contributed by atoms with Crippen molar-refractivity contribution in [3.05, 3.63) is 182 Å². The molecular formula is C46H30N4. The highest BCUT2D eigenvalue weighted by Gasteiger charge is 2.15. The van der Waals surface area contributed by atoms with E-state index < -0.39 is 0 Å². The average molecular weight is 639 g/mol. The minimum Gasteiger partial charge on any atom is -0.316 e. The second-order valence-electron chi connectivity index (χ2n) is 12.7. The molecule has 7 aromatic carbocycles. The van der Waals surface area contributed by atoms with E-state index in [9.17, 15) is 0 Å². The average Bonchev–Trinajstić information content (AvgIpc) is 3.82. The van der Waals surface area contributed by atoms with Gasteiger partial charge in [0.15, 0.2) is 5.82 Å². The summed E-state index contributed by atoms with van der Waals surface area (Å²) >= 11 is 0. The highest BCUT2D eigenvalue weighted by Crippen LogP contribution is 2.35. The minimum absolute atomic E-state index is 0.713. The van der Waals surface area contributed by atoms with Crippen LogP contribution in [0.3, 0.4) is 0 Å². The van der Waals surface area contributed by atoms with Crippen molar-refractivity contribution in [1.29, 1.82) is 0 Å². The third-order valence-corrected chi connectivity index (χ3v) is 9.78. The summed E-state index contributed by atoms with van der Waals surface area (Å²) < 4.78 is 4.56. The van der Waals surface area contributed by atoms with Crippen molar-refractivity contribution in [2.45, 2.75) is 0 Å². The predicted molar refractivity (Wildman–Crippen MR) is 207 cm³/mol. The van der Waals surface area contributed by atoms with Crippen molar-refractivity contribution in [2.24, 2.45) is 0 Å². The molecule has 4 heteroatoms. The minimum atomic E-state index is 0.713. The van der Waals surface area contributed by atoms with Gasteiger partial charge in [-0.3, -0.25) is 0 Å². The predicted octanol–water partition coefficient (Wildman–Crippen LogP) is 11.7. The molecule has 0 radical (unpaired) electrons. The number of benzene rings is 7. The van der Waals surface area contributed by atoms with E-state index in [4.69, 9.17) is 9.97 Å². The molecule has 4 nitrogen and oxygen atoms in total. The number of rotatable bonds is 5. The van der Waals surface area contributed by atoms with E-state index in [0.29, 0.717) is 5.82 Å². The fraction of sp³-hybridized carbons (Fsp3) is 0.